The first-order chi connectivity index (χ1) is 15.6. The molecular formula is C25H30N2O3S2. The summed E-state index contributed by atoms with van der Waals surface area (Å²) in [5.41, 5.74) is 1.28. The molecule has 2 aliphatic heterocycles. The first kappa shape index (κ1) is 20.8. The molecule has 5 atom stereocenters. The van der Waals surface area contributed by atoms with E-state index < -0.39 is 0 Å². The number of likely N-dealkylation sites (tertiary alicyclic amines) is 1. The number of ether oxygens (including phenoxy) is 1. The molecule has 1 saturated heterocycles. The Morgan fingerprint density at radius 1 is 1.09 bits per heavy atom. The zero-order chi connectivity index (χ0) is 21.8. The van der Waals surface area contributed by atoms with Crippen molar-refractivity contribution in [1.29, 1.82) is 0 Å². The monoisotopic (exact) mass is 470 g/mol. The number of fused-ring (bicyclic) bond motifs is 6. The summed E-state index contributed by atoms with van der Waals surface area (Å²) in [5.74, 6) is 3.29. The lowest BCUT2D eigenvalue weighted by atomic mass is 9.75. The number of nitrogens with zero attached hydrogens (tertiary/aromatic N) is 2. The number of carbonyl (C=O) groups is 1. The number of hydrogen-bond donors (Lipinski definition) is 0. The second-order valence-electron chi connectivity index (χ2n) is 9.81. The first-order valence-corrected chi connectivity index (χ1v) is 13.7. The van der Waals surface area contributed by atoms with Crippen LogP contribution in [0.25, 0.3) is 0 Å². The van der Waals surface area contributed by atoms with Crippen molar-refractivity contribution in [3.8, 4) is 5.75 Å². The van der Waals surface area contributed by atoms with Gasteiger partial charge in [-0.05, 0) is 74.0 Å². The standard InChI is InChI=1S/C25H30N2O3S2/c1-30-18-9-7-15(8-10-18)20-21-16-5-6-17(13-16)22(21)31-24-23(20)32-25(29)27(24)14-19(28)26-11-3-2-4-12-26/h7-10,16-17,20-22H,2-6,11-14H2,1H3/t16-,17-,20-,21-,22+/m0/s1. The minimum atomic E-state index is 0.0266. The Kier molecular flexibility index (Phi) is 5.37. The minimum Gasteiger partial charge on any atom is -0.497 e. The van der Waals surface area contributed by atoms with Crippen molar-refractivity contribution in [2.24, 2.45) is 17.8 Å². The van der Waals surface area contributed by atoms with Gasteiger partial charge in [-0.25, -0.2) is 0 Å². The normalized spacial score (nSPS) is 30.8. The molecule has 3 fully saturated rings. The van der Waals surface area contributed by atoms with Gasteiger partial charge in [-0.2, -0.15) is 0 Å². The minimum absolute atomic E-state index is 0.0266. The molecule has 170 valence electrons. The van der Waals surface area contributed by atoms with E-state index in [1.807, 2.05) is 28.8 Å². The van der Waals surface area contributed by atoms with Gasteiger partial charge in [0, 0.05) is 29.1 Å². The predicted octanol–water partition coefficient (Wildman–Crippen LogP) is 4.58. The molecule has 5 nitrogen and oxygen atoms in total. The molecule has 4 aliphatic rings. The van der Waals surface area contributed by atoms with Crippen molar-refractivity contribution in [2.45, 2.75) is 61.3 Å². The fourth-order valence-corrected chi connectivity index (χ4v) is 9.80. The lowest BCUT2D eigenvalue weighted by molar-refractivity contribution is -0.132. The van der Waals surface area contributed by atoms with Crippen molar-refractivity contribution < 1.29 is 9.53 Å². The maximum absolute atomic E-state index is 13.2. The van der Waals surface area contributed by atoms with Crippen LogP contribution in [0.3, 0.4) is 0 Å². The van der Waals surface area contributed by atoms with Gasteiger partial charge in [0.15, 0.2) is 0 Å². The van der Waals surface area contributed by atoms with Crippen LogP contribution in [0.15, 0.2) is 34.1 Å². The third kappa shape index (κ3) is 3.35. The van der Waals surface area contributed by atoms with Gasteiger partial charge in [0.2, 0.25) is 5.91 Å². The van der Waals surface area contributed by atoms with E-state index in [0.717, 1.165) is 48.5 Å². The van der Waals surface area contributed by atoms with E-state index in [1.54, 1.807) is 11.7 Å². The Morgan fingerprint density at radius 2 is 1.84 bits per heavy atom. The number of piperidine rings is 1. The Labute approximate surface area is 197 Å². The van der Waals surface area contributed by atoms with E-state index in [2.05, 4.69) is 12.1 Å². The van der Waals surface area contributed by atoms with Gasteiger partial charge in [0.25, 0.3) is 0 Å². The molecular weight excluding hydrogens is 440 g/mol. The molecule has 0 unspecified atom stereocenters. The topological polar surface area (TPSA) is 51.5 Å². The average molecular weight is 471 g/mol. The molecule has 2 bridgehead atoms. The summed E-state index contributed by atoms with van der Waals surface area (Å²) in [5, 5.41) is 1.62. The zero-order valence-corrected chi connectivity index (χ0v) is 20.1. The maximum atomic E-state index is 13.2. The first-order valence-electron chi connectivity index (χ1n) is 12.0. The van der Waals surface area contributed by atoms with Gasteiger partial charge in [-0.15, -0.1) is 11.8 Å². The summed E-state index contributed by atoms with van der Waals surface area (Å²) >= 11 is 3.29. The molecule has 0 N–H and O–H groups in total. The van der Waals surface area contributed by atoms with Crippen molar-refractivity contribution in [3.63, 3.8) is 0 Å². The van der Waals surface area contributed by atoms with Gasteiger partial charge in [0.1, 0.15) is 12.3 Å². The summed E-state index contributed by atoms with van der Waals surface area (Å²) in [7, 11) is 1.70. The number of benzene rings is 1. The van der Waals surface area contributed by atoms with E-state index in [0.29, 0.717) is 11.2 Å². The molecule has 6 rings (SSSR count). The van der Waals surface area contributed by atoms with Crippen LogP contribution in [0.4, 0.5) is 0 Å². The van der Waals surface area contributed by atoms with Crippen LogP contribution in [-0.4, -0.2) is 40.8 Å². The summed E-state index contributed by atoms with van der Waals surface area (Å²) in [4.78, 5) is 29.4. The lowest BCUT2D eigenvalue weighted by Gasteiger charge is -2.40. The number of rotatable bonds is 4. The largest absolute Gasteiger partial charge is 0.497 e. The van der Waals surface area contributed by atoms with Crippen molar-refractivity contribution in [1.82, 2.24) is 9.47 Å². The number of hydrogen-bond acceptors (Lipinski definition) is 5. The summed E-state index contributed by atoms with van der Waals surface area (Å²) < 4.78 is 7.19. The van der Waals surface area contributed by atoms with E-state index in [9.17, 15) is 9.59 Å². The third-order valence-corrected chi connectivity index (χ3v) is 11.0. The number of thioether (sulfide) groups is 1. The van der Waals surface area contributed by atoms with Crippen LogP contribution in [0, 0.1) is 17.8 Å². The Hall–Kier alpha value is -1.73. The van der Waals surface area contributed by atoms with E-state index >= 15 is 0 Å². The smallest absolute Gasteiger partial charge is 0.308 e. The van der Waals surface area contributed by atoms with Crippen molar-refractivity contribution in [3.05, 3.63) is 44.4 Å². The van der Waals surface area contributed by atoms with Crippen LogP contribution in [0.5, 0.6) is 5.75 Å². The van der Waals surface area contributed by atoms with E-state index in [-0.39, 0.29) is 23.2 Å². The number of aromatic nitrogens is 1. The quantitative estimate of drug-likeness (QED) is 0.656. The molecule has 1 aromatic heterocycles. The maximum Gasteiger partial charge on any atom is 0.308 e. The predicted molar refractivity (Wildman–Crippen MR) is 128 cm³/mol. The second-order valence-corrected chi connectivity index (χ2v) is 12.0. The van der Waals surface area contributed by atoms with Crippen LogP contribution in [-0.2, 0) is 11.3 Å². The fourth-order valence-electron chi connectivity index (χ4n) is 6.65. The van der Waals surface area contributed by atoms with Gasteiger partial charge in [0.05, 0.1) is 12.1 Å². The number of thiazole rings is 1. The van der Waals surface area contributed by atoms with Gasteiger partial charge >= 0.3 is 4.87 Å². The highest BCUT2D eigenvalue weighted by Gasteiger charge is 2.55. The average Bonchev–Trinajstić information content (AvgIpc) is 3.53. The number of methoxy groups -OCH3 is 1. The summed E-state index contributed by atoms with van der Waals surface area (Å²) in [6.45, 7) is 1.85. The molecule has 2 saturated carbocycles. The molecule has 32 heavy (non-hydrogen) atoms. The Bertz CT molecular complexity index is 1070. The zero-order valence-electron chi connectivity index (χ0n) is 18.5. The molecule has 7 heteroatoms. The van der Waals surface area contributed by atoms with Crippen molar-refractivity contribution >= 4 is 29.0 Å². The lowest BCUT2D eigenvalue weighted by Crippen LogP contribution is -2.39. The Balaban J connectivity index is 1.39. The van der Waals surface area contributed by atoms with Gasteiger partial charge < -0.3 is 9.64 Å². The van der Waals surface area contributed by atoms with Crippen LogP contribution < -0.4 is 9.61 Å². The molecule has 2 aliphatic carbocycles. The van der Waals surface area contributed by atoms with Crippen LogP contribution in [0.1, 0.15) is 54.9 Å². The van der Waals surface area contributed by atoms with Gasteiger partial charge in [-0.3, -0.25) is 14.2 Å². The summed E-state index contributed by atoms with van der Waals surface area (Å²) in [6, 6.07) is 8.44. The highest BCUT2D eigenvalue weighted by atomic mass is 32.2. The van der Waals surface area contributed by atoms with Crippen LogP contribution in [0.2, 0.25) is 0 Å². The number of amides is 1. The Morgan fingerprint density at radius 3 is 2.59 bits per heavy atom. The molecule has 2 aromatic rings. The summed E-state index contributed by atoms with van der Waals surface area (Å²) in [6.07, 6.45) is 7.29. The fraction of sp³-hybridized carbons (Fsp3) is 0.600. The molecule has 0 spiro atoms. The highest BCUT2D eigenvalue weighted by Crippen LogP contribution is 2.64. The third-order valence-electron chi connectivity index (χ3n) is 8.17. The molecule has 3 heterocycles. The highest BCUT2D eigenvalue weighted by molar-refractivity contribution is 8.00. The van der Waals surface area contributed by atoms with Crippen molar-refractivity contribution in [2.75, 3.05) is 20.2 Å². The molecule has 0 radical (unpaired) electrons. The number of carbonyl (C=O) groups excluding carboxylic acids is 1. The van der Waals surface area contributed by atoms with Crippen LogP contribution >= 0.6 is 23.1 Å². The SMILES string of the molecule is COc1ccc([C@@H]2c3sc(=O)n(CC(=O)N4CCCCC4)c3S[C@@H]3[C@H]4CC[C@@H](C4)[C@@H]23)cc1. The van der Waals surface area contributed by atoms with E-state index in [1.165, 1.54) is 47.5 Å². The second kappa shape index (κ2) is 8.24. The van der Waals surface area contributed by atoms with Gasteiger partial charge in [-0.1, -0.05) is 23.5 Å². The molecule has 1 aromatic carbocycles. The molecule has 1 amide bonds. The van der Waals surface area contributed by atoms with E-state index in [4.69, 9.17) is 4.74 Å².